The summed E-state index contributed by atoms with van der Waals surface area (Å²) in [7, 11) is 1.75. The van der Waals surface area contributed by atoms with Gasteiger partial charge in [0.25, 0.3) is 0 Å². The van der Waals surface area contributed by atoms with E-state index < -0.39 is 11.7 Å². The van der Waals surface area contributed by atoms with Gasteiger partial charge in [-0.3, -0.25) is 10.00 Å². The van der Waals surface area contributed by atoms with E-state index in [1.54, 1.807) is 22.7 Å². The summed E-state index contributed by atoms with van der Waals surface area (Å²) in [5.41, 5.74) is 0.0340. The Morgan fingerprint density at radius 3 is 2.38 bits per heavy atom. The highest BCUT2D eigenvalue weighted by Crippen LogP contribution is 2.29. The summed E-state index contributed by atoms with van der Waals surface area (Å²) in [4.78, 5) is 19.8. The number of pyridine rings is 1. The van der Waals surface area contributed by atoms with E-state index in [1.165, 1.54) is 6.07 Å². The molecule has 140 valence electrons. The maximum atomic E-state index is 12.6. The molecule has 0 unspecified atom stereocenters. The average Bonchev–Trinajstić information content (AvgIpc) is 2.91. The summed E-state index contributed by atoms with van der Waals surface area (Å²) in [6, 6.07) is 3.93. The van der Waals surface area contributed by atoms with Crippen LogP contribution in [0, 0.1) is 6.92 Å². The SMILES string of the molecule is Cc1cc(NC(=O)N2CCN(c3ccc(C(F)(F)F)cn3)CC2)n(C)n1. The topological polar surface area (TPSA) is 66.3 Å². The zero-order valence-corrected chi connectivity index (χ0v) is 14.4. The number of piperazine rings is 1. The molecule has 26 heavy (non-hydrogen) atoms. The summed E-state index contributed by atoms with van der Waals surface area (Å²) in [6.45, 7) is 3.73. The Kier molecular flexibility index (Phi) is 4.75. The number of hydrogen-bond donors (Lipinski definition) is 1. The number of aryl methyl sites for hydroxylation is 2. The van der Waals surface area contributed by atoms with Gasteiger partial charge in [-0.1, -0.05) is 0 Å². The van der Waals surface area contributed by atoms with E-state index in [2.05, 4.69) is 15.4 Å². The number of urea groups is 1. The van der Waals surface area contributed by atoms with E-state index >= 15 is 0 Å². The Morgan fingerprint density at radius 1 is 1.19 bits per heavy atom. The lowest BCUT2D eigenvalue weighted by Gasteiger charge is -2.35. The van der Waals surface area contributed by atoms with Crippen LogP contribution in [0.15, 0.2) is 24.4 Å². The monoisotopic (exact) mass is 368 g/mol. The molecule has 3 rings (SSSR count). The molecule has 1 saturated heterocycles. The van der Waals surface area contributed by atoms with Crippen LogP contribution in [0.2, 0.25) is 0 Å². The lowest BCUT2D eigenvalue weighted by Crippen LogP contribution is -2.50. The highest BCUT2D eigenvalue weighted by Gasteiger charge is 2.31. The van der Waals surface area contributed by atoms with Crippen LogP contribution in [-0.4, -0.2) is 51.9 Å². The number of carbonyl (C=O) groups is 1. The Balaban J connectivity index is 1.57. The molecule has 7 nitrogen and oxygen atoms in total. The predicted molar refractivity (Wildman–Crippen MR) is 90.0 cm³/mol. The van der Waals surface area contributed by atoms with Crippen LogP contribution in [-0.2, 0) is 13.2 Å². The predicted octanol–water partition coefficient (Wildman–Crippen LogP) is 2.50. The molecular weight excluding hydrogens is 349 g/mol. The minimum Gasteiger partial charge on any atom is -0.353 e. The summed E-state index contributed by atoms with van der Waals surface area (Å²) in [5.74, 6) is 1.08. The fourth-order valence-electron chi connectivity index (χ4n) is 2.80. The van der Waals surface area contributed by atoms with E-state index in [-0.39, 0.29) is 6.03 Å². The average molecular weight is 368 g/mol. The minimum atomic E-state index is -4.40. The zero-order valence-electron chi connectivity index (χ0n) is 14.4. The molecule has 0 bridgehead atoms. The van der Waals surface area contributed by atoms with Crippen LogP contribution >= 0.6 is 0 Å². The van der Waals surface area contributed by atoms with Crippen LogP contribution in [0.3, 0.4) is 0 Å². The highest BCUT2D eigenvalue weighted by molar-refractivity contribution is 5.88. The first-order valence-corrected chi connectivity index (χ1v) is 8.09. The van der Waals surface area contributed by atoms with Gasteiger partial charge in [0.2, 0.25) is 0 Å². The molecule has 2 amide bonds. The summed E-state index contributed by atoms with van der Waals surface area (Å²) in [5, 5.41) is 6.98. The van der Waals surface area contributed by atoms with Crippen molar-refractivity contribution in [1.29, 1.82) is 0 Å². The number of nitrogens with one attached hydrogen (secondary N) is 1. The number of amides is 2. The molecule has 1 N–H and O–H groups in total. The molecule has 2 aromatic rings. The maximum Gasteiger partial charge on any atom is 0.417 e. The molecule has 0 saturated carbocycles. The van der Waals surface area contributed by atoms with Crippen molar-refractivity contribution in [2.45, 2.75) is 13.1 Å². The number of alkyl halides is 3. The second kappa shape index (κ2) is 6.85. The van der Waals surface area contributed by atoms with Gasteiger partial charge >= 0.3 is 12.2 Å². The van der Waals surface area contributed by atoms with Crippen molar-refractivity contribution in [1.82, 2.24) is 19.7 Å². The lowest BCUT2D eigenvalue weighted by atomic mass is 10.2. The van der Waals surface area contributed by atoms with Crippen molar-refractivity contribution >= 4 is 17.7 Å². The maximum absolute atomic E-state index is 12.6. The van der Waals surface area contributed by atoms with Gasteiger partial charge in [0, 0.05) is 45.5 Å². The molecule has 0 radical (unpaired) electrons. The van der Waals surface area contributed by atoms with Crippen LogP contribution < -0.4 is 10.2 Å². The van der Waals surface area contributed by atoms with Crippen molar-refractivity contribution < 1.29 is 18.0 Å². The molecule has 0 aliphatic carbocycles. The molecule has 2 aromatic heterocycles. The van der Waals surface area contributed by atoms with Gasteiger partial charge in [0.05, 0.1) is 11.3 Å². The highest BCUT2D eigenvalue weighted by atomic mass is 19.4. The van der Waals surface area contributed by atoms with Crippen molar-refractivity contribution in [2.75, 3.05) is 36.4 Å². The molecule has 0 spiro atoms. The standard InChI is InChI=1S/C16H19F3N6O/c1-11-9-14(23(2)22-11)21-15(26)25-7-5-24(6-8-25)13-4-3-12(10-20-13)16(17,18)19/h3-4,9-10H,5-8H2,1-2H3,(H,21,26). The van der Waals surface area contributed by atoms with E-state index in [4.69, 9.17) is 0 Å². The van der Waals surface area contributed by atoms with Crippen LogP contribution in [0.5, 0.6) is 0 Å². The molecular formula is C16H19F3N6O. The van der Waals surface area contributed by atoms with Crippen molar-refractivity contribution in [2.24, 2.45) is 7.05 Å². The summed E-state index contributed by atoms with van der Waals surface area (Å²) in [6.07, 6.45) is -3.56. The summed E-state index contributed by atoms with van der Waals surface area (Å²) < 4.78 is 39.4. The van der Waals surface area contributed by atoms with E-state index in [1.807, 2.05) is 11.8 Å². The van der Waals surface area contributed by atoms with E-state index in [0.29, 0.717) is 37.8 Å². The number of carbonyl (C=O) groups excluding carboxylic acids is 1. The van der Waals surface area contributed by atoms with Crippen LogP contribution in [0.4, 0.5) is 29.6 Å². The Morgan fingerprint density at radius 2 is 1.88 bits per heavy atom. The normalized spacial score (nSPS) is 15.3. The molecule has 1 fully saturated rings. The number of anilines is 2. The van der Waals surface area contributed by atoms with Gasteiger partial charge in [-0.25, -0.2) is 9.78 Å². The molecule has 0 atom stereocenters. The molecule has 1 aliphatic heterocycles. The van der Waals surface area contributed by atoms with Gasteiger partial charge in [0.1, 0.15) is 11.6 Å². The number of hydrogen-bond acceptors (Lipinski definition) is 4. The van der Waals surface area contributed by atoms with Gasteiger partial charge < -0.3 is 9.80 Å². The Labute approximate surface area is 148 Å². The van der Waals surface area contributed by atoms with Crippen molar-refractivity contribution in [3.8, 4) is 0 Å². The Hall–Kier alpha value is -2.78. The fraction of sp³-hybridized carbons (Fsp3) is 0.438. The number of aromatic nitrogens is 3. The van der Waals surface area contributed by atoms with E-state index in [0.717, 1.165) is 18.0 Å². The van der Waals surface area contributed by atoms with Gasteiger partial charge in [-0.15, -0.1) is 0 Å². The van der Waals surface area contributed by atoms with E-state index in [9.17, 15) is 18.0 Å². The van der Waals surface area contributed by atoms with Crippen LogP contribution in [0.1, 0.15) is 11.3 Å². The molecule has 1 aliphatic rings. The lowest BCUT2D eigenvalue weighted by molar-refractivity contribution is -0.137. The van der Waals surface area contributed by atoms with Gasteiger partial charge in [0.15, 0.2) is 0 Å². The second-order valence-electron chi connectivity index (χ2n) is 6.10. The van der Waals surface area contributed by atoms with Crippen molar-refractivity contribution in [3.05, 3.63) is 35.7 Å². The summed E-state index contributed by atoms with van der Waals surface area (Å²) >= 11 is 0. The minimum absolute atomic E-state index is 0.229. The largest absolute Gasteiger partial charge is 0.417 e. The first-order valence-electron chi connectivity index (χ1n) is 8.09. The third-order valence-corrected chi connectivity index (χ3v) is 4.20. The first-order chi connectivity index (χ1) is 12.2. The fourth-order valence-corrected chi connectivity index (χ4v) is 2.80. The Bertz CT molecular complexity index is 778. The third-order valence-electron chi connectivity index (χ3n) is 4.20. The number of rotatable bonds is 2. The smallest absolute Gasteiger partial charge is 0.353 e. The molecule has 0 aromatic carbocycles. The number of nitrogens with zero attached hydrogens (tertiary/aromatic N) is 5. The van der Waals surface area contributed by atoms with Gasteiger partial charge in [-0.2, -0.15) is 18.3 Å². The number of halogens is 3. The zero-order chi connectivity index (χ0) is 18.9. The third kappa shape index (κ3) is 3.89. The second-order valence-corrected chi connectivity index (χ2v) is 6.10. The quantitative estimate of drug-likeness (QED) is 0.885. The molecule has 10 heteroatoms. The van der Waals surface area contributed by atoms with Crippen molar-refractivity contribution in [3.63, 3.8) is 0 Å². The first kappa shape index (κ1) is 18.0. The van der Waals surface area contributed by atoms with Crippen LogP contribution in [0.25, 0.3) is 0 Å². The van der Waals surface area contributed by atoms with Gasteiger partial charge in [-0.05, 0) is 19.1 Å². The molecule has 3 heterocycles.